The van der Waals surface area contributed by atoms with E-state index in [1.54, 1.807) is 4.31 Å². The van der Waals surface area contributed by atoms with Crippen molar-refractivity contribution in [2.75, 3.05) is 38.7 Å². The summed E-state index contributed by atoms with van der Waals surface area (Å²) in [6.07, 6.45) is 0.763. The van der Waals surface area contributed by atoms with Gasteiger partial charge in [0, 0.05) is 24.6 Å². The van der Waals surface area contributed by atoms with Crippen molar-refractivity contribution in [2.45, 2.75) is 30.2 Å². The highest BCUT2D eigenvalue weighted by Crippen LogP contribution is 2.48. The van der Waals surface area contributed by atoms with Crippen LogP contribution in [0.2, 0.25) is 5.02 Å². The normalized spacial score (nSPS) is 21.6. The monoisotopic (exact) mass is 436 g/mol. The molecule has 0 aromatic heterocycles. The number of methoxy groups -OCH3 is 2. The Labute approximate surface area is 177 Å². The molecule has 8 heteroatoms. The van der Waals surface area contributed by atoms with Crippen molar-refractivity contribution >= 4 is 27.3 Å². The van der Waals surface area contributed by atoms with E-state index in [1.165, 1.54) is 26.4 Å². The first-order valence-corrected chi connectivity index (χ1v) is 11.3. The molecule has 29 heavy (non-hydrogen) atoms. The van der Waals surface area contributed by atoms with Gasteiger partial charge in [-0.25, -0.2) is 8.42 Å². The molecular formula is C21H25ClN2O4S. The Bertz CT molecular complexity index is 1060. The first kappa shape index (κ1) is 20.3. The van der Waals surface area contributed by atoms with E-state index in [0.717, 1.165) is 36.3 Å². The third kappa shape index (κ3) is 3.25. The number of rotatable bonds is 4. The lowest BCUT2D eigenvalue weighted by molar-refractivity contribution is 0.237. The van der Waals surface area contributed by atoms with E-state index in [-0.39, 0.29) is 21.9 Å². The first-order chi connectivity index (χ1) is 13.8. The lowest BCUT2D eigenvalue weighted by Gasteiger charge is -2.36. The first-order valence-electron chi connectivity index (χ1n) is 9.53. The average Bonchev–Trinajstić information content (AvgIpc) is 3.01. The molecule has 156 valence electrons. The quantitative estimate of drug-likeness (QED) is 0.732. The molecule has 2 aliphatic heterocycles. The molecule has 4 rings (SSSR count). The smallest absolute Gasteiger partial charge is 0.266 e. The van der Waals surface area contributed by atoms with Gasteiger partial charge in [0.25, 0.3) is 10.0 Å². The van der Waals surface area contributed by atoms with Crippen molar-refractivity contribution in [3.63, 3.8) is 0 Å². The van der Waals surface area contributed by atoms with E-state index in [0.29, 0.717) is 11.5 Å². The molecule has 6 nitrogen and oxygen atoms in total. The molecule has 0 bridgehead atoms. The van der Waals surface area contributed by atoms with Crippen molar-refractivity contribution in [3.05, 3.63) is 46.5 Å². The Morgan fingerprint density at radius 3 is 2.48 bits per heavy atom. The molecule has 0 aliphatic carbocycles. The van der Waals surface area contributed by atoms with Crippen molar-refractivity contribution in [3.8, 4) is 11.5 Å². The predicted octanol–water partition coefficient (Wildman–Crippen LogP) is 3.66. The van der Waals surface area contributed by atoms with E-state index in [4.69, 9.17) is 21.1 Å². The highest BCUT2D eigenvalue weighted by molar-refractivity contribution is 7.93. The van der Waals surface area contributed by atoms with E-state index in [9.17, 15) is 8.42 Å². The molecule has 2 atom stereocenters. The molecule has 0 unspecified atom stereocenters. The van der Waals surface area contributed by atoms with Crippen LogP contribution in [0.4, 0.5) is 5.69 Å². The Balaban J connectivity index is 1.87. The molecule has 1 fully saturated rings. The van der Waals surface area contributed by atoms with Crippen LogP contribution >= 0.6 is 11.6 Å². The van der Waals surface area contributed by atoms with Crippen LogP contribution in [0.1, 0.15) is 23.5 Å². The van der Waals surface area contributed by atoms with Gasteiger partial charge in [-0.15, -0.1) is 0 Å². The van der Waals surface area contributed by atoms with Crippen LogP contribution in [0.3, 0.4) is 0 Å². The Hall–Kier alpha value is -1.96. The summed E-state index contributed by atoms with van der Waals surface area (Å²) < 4.78 is 39.8. The SMILES string of the molecule is COc1cc(Cl)c(S(=O)(=O)N2c3ccc(C)cc3[C@H]3CN(C)CC[C@H]32)cc1OC. The summed E-state index contributed by atoms with van der Waals surface area (Å²) in [4.78, 5) is 2.29. The zero-order chi connectivity index (χ0) is 20.9. The number of nitrogens with zero attached hydrogens (tertiary/aromatic N) is 2. The van der Waals surface area contributed by atoms with Crippen molar-refractivity contribution in [1.82, 2.24) is 4.90 Å². The lowest BCUT2D eigenvalue weighted by Crippen LogP contribution is -2.47. The van der Waals surface area contributed by atoms with E-state index >= 15 is 0 Å². The number of ether oxygens (including phenoxy) is 2. The molecule has 0 spiro atoms. The van der Waals surface area contributed by atoms with Crippen molar-refractivity contribution in [2.24, 2.45) is 0 Å². The minimum atomic E-state index is -3.89. The maximum absolute atomic E-state index is 13.8. The summed E-state index contributed by atoms with van der Waals surface area (Å²) in [5, 5.41) is 0.118. The zero-order valence-electron chi connectivity index (χ0n) is 17.0. The number of piperidine rings is 1. The van der Waals surface area contributed by atoms with Gasteiger partial charge < -0.3 is 14.4 Å². The number of benzene rings is 2. The van der Waals surface area contributed by atoms with Gasteiger partial charge in [-0.1, -0.05) is 29.3 Å². The second kappa shape index (κ2) is 7.38. The fraction of sp³-hybridized carbons (Fsp3) is 0.429. The summed E-state index contributed by atoms with van der Waals surface area (Å²) >= 11 is 6.40. The number of anilines is 1. The highest BCUT2D eigenvalue weighted by Gasteiger charge is 2.47. The third-order valence-electron chi connectivity index (χ3n) is 5.88. The molecular weight excluding hydrogens is 412 g/mol. The molecule has 0 saturated carbocycles. The van der Waals surface area contributed by atoms with Crippen LogP contribution in [0.5, 0.6) is 11.5 Å². The van der Waals surface area contributed by atoms with Crippen LogP contribution in [0.15, 0.2) is 35.2 Å². The van der Waals surface area contributed by atoms with Crippen molar-refractivity contribution in [1.29, 1.82) is 0 Å². The summed E-state index contributed by atoms with van der Waals surface area (Å²) in [7, 11) is 1.15. The largest absolute Gasteiger partial charge is 0.493 e. The molecule has 0 N–H and O–H groups in total. The number of hydrogen-bond donors (Lipinski definition) is 0. The molecule has 2 heterocycles. The second-order valence-electron chi connectivity index (χ2n) is 7.73. The van der Waals surface area contributed by atoms with Gasteiger partial charge in [0.15, 0.2) is 11.5 Å². The minimum Gasteiger partial charge on any atom is -0.493 e. The summed E-state index contributed by atoms with van der Waals surface area (Å²) in [5.41, 5.74) is 2.95. The fourth-order valence-corrected chi connectivity index (χ4v) is 6.74. The molecule has 2 aromatic carbocycles. The number of hydrogen-bond acceptors (Lipinski definition) is 5. The van der Waals surface area contributed by atoms with Gasteiger partial charge in [-0.05, 0) is 38.6 Å². The number of sulfonamides is 1. The van der Waals surface area contributed by atoms with Gasteiger partial charge >= 0.3 is 0 Å². The van der Waals surface area contributed by atoms with Crippen LogP contribution in [-0.2, 0) is 10.0 Å². The molecule has 0 radical (unpaired) electrons. The zero-order valence-corrected chi connectivity index (χ0v) is 18.5. The number of aryl methyl sites for hydroxylation is 1. The summed E-state index contributed by atoms with van der Waals surface area (Å²) in [5.74, 6) is 0.863. The topological polar surface area (TPSA) is 59.1 Å². The summed E-state index contributed by atoms with van der Waals surface area (Å²) in [6, 6.07) is 8.79. The molecule has 2 aliphatic rings. The van der Waals surface area contributed by atoms with Gasteiger partial charge in [0.1, 0.15) is 4.90 Å². The number of halogens is 1. The van der Waals surface area contributed by atoms with Gasteiger partial charge in [-0.2, -0.15) is 0 Å². The second-order valence-corrected chi connectivity index (χ2v) is 9.92. The number of likely N-dealkylation sites (N-methyl/N-ethyl adjacent to an activating group) is 1. The standard InChI is InChI=1S/C21H25ClN2O4S/c1-13-5-6-17-14(9-13)15-12-23(2)8-7-18(15)24(17)29(25,26)21-11-20(28-4)19(27-3)10-16(21)22/h5-6,9-11,15,18H,7-8,12H2,1-4H3/t15-,18-/m1/s1. The van der Waals surface area contributed by atoms with Crippen LogP contribution in [-0.4, -0.2) is 53.7 Å². The maximum Gasteiger partial charge on any atom is 0.266 e. The Kier molecular flexibility index (Phi) is 5.17. The van der Waals surface area contributed by atoms with Gasteiger partial charge in [-0.3, -0.25) is 4.31 Å². The Morgan fingerprint density at radius 2 is 1.79 bits per heavy atom. The Morgan fingerprint density at radius 1 is 1.10 bits per heavy atom. The third-order valence-corrected chi connectivity index (χ3v) is 8.18. The summed E-state index contributed by atoms with van der Waals surface area (Å²) in [6.45, 7) is 3.71. The maximum atomic E-state index is 13.8. The van der Waals surface area contributed by atoms with Crippen molar-refractivity contribution < 1.29 is 17.9 Å². The van der Waals surface area contributed by atoms with Crippen LogP contribution < -0.4 is 13.8 Å². The van der Waals surface area contributed by atoms with E-state index < -0.39 is 10.0 Å². The number of fused-ring (bicyclic) bond motifs is 3. The lowest BCUT2D eigenvalue weighted by atomic mass is 9.89. The van der Waals surface area contributed by atoms with Gasteiger partial charge in [0.2, 0.25) is 0 Å². The minimum absolute atomic E-state index is 0.0305. The average molecular weight is 437 g/mol. The fourth-order valence-electron chi connectivity index (χ4n) is 4.49. The molecule has 2 aromatic rings. The molecule has 1 saturated heterocycles. The van der Waals surface area contributed by atoms with Gasteiger partial charge in [0.05, 0.1) is 31.0 Å². The van der Waals surface area contributed by atoms with E-state index in [1.807, 2.05) is 19.1 Å². The van der Waals surface area contributed by atoms with Crippen LogP contribution in [0, 0.1) is 6.92 Å². The van der Waals surface area contributed by atoms with Crippen LogP contribution in [0.25, 0.3) is 0 Å². The predicted molar refractivity (Wildman–Crippen MR) is 114 cm³/mol. The molecule has 0 amide bonds. The highest BCUT2D eigenvalue weighted by atomic mass is 35.5. The van der Waals surface area contributed by atoms with E-state index in [2.05, 4.69) is 18.0 Å². The number of likely N-dealkylation sites (tertiary alicyclic amines) is 1.